The van der Waals surface area contributed by atoms with Crippen LogP contribution in [0.2, 0.25) is 0 Å². The van der Waals surface area contributed by atoms with E-state index in [9.17, 15) is 14.7 Å². The van der Waals surface area contributed by atoms with Crippen LogP contribution in [0.1, 0.15) is 71.6 Å². The molecule has 2 unspecified atom stereocenters. The van der Waals surface area contributed by atoms with Crippen LogP contribution >= 0.6 is 0 Å². The first-order chi connectivity index (χ1) is 9.92. The molecule has 120 valence electrons. The van der Waals surface area contributed by atoms with Crippen molar-refractivity contribution in [3.05, 3.63) is 0 Å². The number of rotatable bonds is 4. The van der Waals surface area contributed by atoms with Gasteiger partial charge < -0.3 is 10.0 Å². The molecular formula is C17H29NO3. The highest BCUT2D eigenvalue weighted by atomic mass is 16.4. The number of aliphatic carboxylic acids is 1. The summed E-state index contributed by atoms with van der Waals surface area (Å²) in [6.45, 7) is 5.15. The Hall–Kier alpha value is -1.06. The first-order valence-corrected chi connectivity index (χ1v) is 8.43. The molecule has 2 fully saturated rings. The molecule has 2 atom stereocenters. The van der Waals surface area contributed by atoms with Crippen molar-refractivity contribution in [1.29, 1.82) is 0 Å². The molecule has 0 spiro atoms. The Morgan fingerprint density at radius 1 is 1.10 bits per heavy atom. The van der Waals surface area contributed by atoms with Gasteiger partial charge in [-0.15, -0.1) is 0 Å². The highest BCUT2D eigenvalue weighted by Gasteiger charge is 2.39. The molecule has 4 nitrogen and oxygen atoms in total. The van der Waals surface area contributed by atoms with E-state index in [2.05, 4.69) is 13.8 Å². The molecular weight excluding hydrogens is 266 g/mol. The van der Waals surface area contributed by atoms with Crippen LogP contribution in [-0.2, 0) is 9.59 Å². The second-order valence-corrected chi connectivity index (χ2v) is 7.39. The quantitative estimate of drug-likeness (QED) is 0.864. The van der Waals surface area contributed by atoms with Crippen molar-refractivity contribution in [3.8, 4) is 0 Å². The van der Waals surface area contributed by atoms with E-state index in [1.807, 2.05) is 4.90 Å². The van der Waals surface area contributed by atoms with Gasteiger partial charge in [-0.2, -0.15) is 0 Å². The maximum atomic E-state index is 12.7. The van der Waals surface area contributed by atoms with E-state index in [-0.39, 0.29) is 17.7 Å². The Labute approximate surface area is 127 Å². The average Bonchev–Trinajstić information content (AvgIpc) is 2.41. The molecule has 1 aliphatic heterocycles. The molecule has 1 heterocycles. The van der Waals surface area contributed by atoms with Crippen LogP contribution in [0.5, 0.6) is 0 Å². The van der Waals surface area contributed by atoms with Crippen LogP contribution < -0.4 is 0 Å². The monoisotopic (exact) mass is 295 g/mol. The summed E-state index contributed by atoms with van der Waals surface area (Å²) in [6, 6.07) is 0.305. The second kappa shape index (κ2) is 6.80. The maximum Gasteiger partial charge on any atom is 0.303 e. The zero-order chi connectivity index (χ0) is 15.5. The van der Waals surface area contributed by atoms with E-state index in [1.54, 1.807) is 0 Å². The summed E-state index contributed by atoms with van der Waals surface area (Å²) in [5.41, 5.74) is -0.290. The van der Waals surface area contributed by atoms with Gasteiger partial charge >= 0.3 is 5.97 Å². The fourth-order valence-corrected chi connectivity index (χ4v) is 4.10. The lowest BCUT2D eigenvalue weighted by molar-refractivity contribution is -0.144. The van der Waals surface area contributed by atoms with Crippen molar-refractivity contribution < 1.29 is 14.7 Å². The van der Waals surface area contributed by atoms with Gasteiger partial charge in [0.15, 0.2) is 0 Å². The van der Waals surface area contributed by atoms with Gasteiger partial charge in [-0.25, -0.2) is 0 Å². The summed E-state index contributed by atoms with van der Waals surface area (Å²) in [4.78, 5) is 26.0. The van der Waals surface area contributed by atoms with Gasteiger partial charge in [-0.05, 0) is 43.9 Å². The van der Waals surface area contributed by atoms with Gasteiger partial charge in [-0.1, -0.05) is 26.2 Å². The standard InChI is InChI=1S/C17H29NO3/c1-13-6-7-14(2)18(12-13)15(19)10-17(11-16(20)21)8-4-3-5-9-17/h13-14H,3-12H2,1-2H3,(H,20,21). The van der Waals surface area contributed by atoms with Crippen LogP contribution in [0, 0.1) is 11.3 Å². The van der Waals surface area contributed by atoms with Gasteiger partial charge in [0.05, 0.1) is 6.42 Å². The van der Waals surface area contributed by atoms with Gasteiger partial charge in [-0.3, -0.25) is 9.59 Å². The zero-order valence-electron chi connectivity index (χ0n) is 13.4. The molecule has 1 amide bonds. The Morgan fingerprint density at radius 3 is 2.38 bits per heavy atom. The number of hydrogen-bond acceptors (Lipinski definition) is 2. The topological polar surface area (TPSA) is 57.6 Å². The third kappa shape index (κ3) is 4.21. The largest absolute Gasteiger partial charge is 0.481 e. The average molecular weight is 295 g/mol. The van der Waals surface area contributed by atoms with Crippen LogP contribution in [0.4, 0.5) is 0 Å². The highest BCUT2D eigenvalue weighted by molar-refractivity contribution is 5.78. The van der Waals surface area contributed by atoms with E-state index in [0.29, 0.717) is 18.4 Å². The van der Waals surface area contributed by atoms with Crippen LogP contribution in [0.15, 0.2) is 0 Å². The summed E-state index contributed by atoms with van der Waals surface area (Å²) < 4.78 is 0. The highest BCUT2D eigenvalue weighted by Crippen LogP contribution is 2.43. The number of carbonyl (C=O) groups excluding carboxylic acids is 1. The number of carbonyl (C=O) groups is 2. The van der Waals surface area contributed by atoms with Crippen molar-refractivity contribution >= 4 is 11.9 Å². The van der Waals surface area contributed by atoms with E-state index in [0.717, 1.165) is 38.6 Å². The molecule has 1 N–H and O–H groups in total. The maximum absolute atomic E-state index is 12.7. The minimum Gasteiger partial charge on any atom is -0.481 e. The Morgan fingerprint density at radius 2 is 1.76 bits per heavy atom. The minimum absolute atomic E-state index is 0.149. The van der Waals surface area contributed by atoms with E-state index in [4.69, 9.17) is 0 Å². The van der Waals surface area contributed by atoms with Gasteiger partial charge in [0.25, 0.3) is 0 Å². The van der Waals surface area contributed by atoms with Crippen LogP contribution in [0.25, 0.3) is 0 Å². The minimum atomic E-state index is -0.759. The SMILES string of the molecule is CC1CCC(C)N(C(=O)CC2(CC(=O)O)CCCCC2)C1. The van der Waals surface area contributed by atoms with Gasteiger partial charge in [0, 0.05) is 19.0 Å². The Kier molecular flexibility index (Phi) is 5.28. The number of carboxylic acids is 1. The number of nitrogens with zero attached hydrogens (tertiary/aromatic N) is 1. The normalized spacial score (nSPS) is 29.1. The van der Waals surface area contributed by atoms with Crippen LogP contribution in [0.3, 0.4) is 0 Å². The summed E-state index contributed by atoms with van der Waals surface area (Å²) in [7, 11) is 0. The predicted molar refractivity (Wildman–Crippen MR) is 82.0 cm³/mol. The molecule has 0 bridgehead atoms. The van der Waals surface area contributed by atoms with Crippen LogP contribution in [-0.4, -0.2) is 34.5 Å². The second-order valence-electron chi connectivity index (χ2n) is 7.39. The smallest absolute Gasteiger partial charge is 0.303 e. The van der Waals surface area contributed by atoms with E-state index >= 15 is 0 Å². The molecule has 2 aliphatic rings. The Bertz CT molecular complexity index is 387. The number of piperidine rings is 1. The van der Waals surface area contributed by atoms with Crippen molar-refractivity contribution in [2.75, 3.05) is 6.54 Å². The van der Waals surface area contributed by atoms with Crippen molar-refractivity contribution in [3.63, 3.8) is 0 Å². The number of likely N-dealkylation sites (tertiary alicyclic amines) is 1. The summed E-state index contributed by atoms with van der Waals surface area (Å²) in [5.74, 6) is -0.0195. The molecule has 1 aliphatic carbocycles. The first kappa shape index (κ1) is 16.3. The summed E-state index contributed by atoms with van der Waals surface area (Å²) in [5, 5.41) is 9.22. The lowest BCUT2D eigenvalue weighted by atomic mass is 9.69. The number of carboxylic acid groups (broad SMARTS) is 1. The van der Waals surface area contributed by atoms with Crippen molar-refractivity contribution in [2.45, 2.75) is 77.7 Å². The van der Waals surface area contributed by atoms with E-state index in [1.165, 1.54) is 12.8 Å². The van der Waals surface area contributed by atoms with Crippen molar-refractivity contribution in [1.82, 2.24) is 4.90 Å². The third-order valence-electron chi connectivity index (χ3n) is 5.40. The summed E-state index contributed by atoms with van der Waals surface area (Å²) in [6.07, 6.45) is 7.91. The molecule has 0 aromatic carbocycles. The molecule has 0 aromatic rings. The van der Waals surface area contributed by atoms with E-state index < -0.39 is 5.97 Å². The molecule has 21 heavy (non-hydrogen) atoms. The molecule has 4 heteroatoms. The van der Waals surface area contributed by atoms with Gasteiger partial charge in [0.2, 0.25) is 5.91 Å². The fourth-order valence-electron chi connectivity index (χ4n) is 4.10. The fraction of sp³-hybridized carbons (Fsp3) is 0.882. The molecule has 2 rings (SSSR count). The lowest BCUT2D eigenvalue weighted by Crippen LogP contribution is -2.47. The number of hydrogen-bond donors (Lipinski definition) is 1. The predicted octanol–water partition coefficient (Wildman–Crippen LogP) is 3.45. The molecule has 1 saturated heterocycles. The lowest BCUT2D eigenvalue weighted by Gasteiger charge is -2.41. The van der Waals surface area contributed by atoms with Gasteiger partial charge in [0.1, 0.15) is 0 Å². The number of amides is 1. The first-order valence-electron chi connectivity index (χ1n) is 8.43. The van der Waals surface area contributed by atoms with Crippen molar-refractivity contribution in [2.24, 2.45) is 11.3 Å². The molecule has 1 saturated carbocycles. The molecule has 0 aromatic heterocycles. The zero-order valence-corrected chi connectivity index (χ0v) is 13.4. The Balaban J connectivity index is 2.04. The third-order valence-corrected chi connectivity index (χ3v) is 5.40. The summed E-state index contributed by atoms with van der Waals surface area (Å²) >= 11 is 0. The molecule has 0 radical (unpaired) electrons.